The topological polar surface area (TPSA) is 83.1 Å². The normalized spacial score (nSPS) is 11.4. The van der Waals surface area contributed by atoms with Gasteiger partial charge in [0.15, 0.2) is 17.6 Å². The molecule has 156 valence electrons. The second kappa shape index (κ2) is 9.82. The minimum Gasteiger partial charge on any atom is -0.493 e. The van der Waals surface area contributed by atoms with E-state index in [2.05, 4.69) is 5.32 Å². The van der Waals surface area contributed by atoms with Crippen molar-refractivity contribution in [2.75, 3.05) is 26.6 Å². The Morgan fingerprint density at radius 3 is 2.03 bits per heavy atom. The van der Waals surface area contributed by atoms with Gasteiger partial charge < -0.3 is 24.3 Å². The largest absolute Gasteiger partial charge is 0.493 e. The van der Waals surface area contributed by atoms with Crippen molar-refractivity contribution in [2.45, 2.75) is 33.3 Å². The maximum atomic E-state index is 12.9. The Bertz CT molecular complexity index is 873. The first-order valence-electron chi connectivity index (χ1n) is 9.23. The van der Waals surface area contributed by atoms with Crippen LogP contribution in [0, 0.1) is 13.8 Å². The van der Waals surface area contributed by atoms with Crippen molar-refractivity contribution < 1.29 is 28.5 Å². The summed E-state index contributed by atoms with van der Waals surface area (Å²) in [6, 6.07) is 8.76. The number of ether oxygens (including phenoxy) is 4. The number of carbonyl (C=O) groups excluding carboxylic acids is 2. The molecule has 0 aliphatic rings. The van der Waals surface area contributed by atoms with Gasteiger partial charge in [-0.15, -0.1) is 0 Å². The average Bonchev–Trinajstić information content (AvgIpc) is 2.70. The lowest BCUT2D eigenvalue weighted by Gasteiger charge is -2.20. The highest BCUT2D eigenvalue weighted by Gasteiger charge is 2.23. The van der Waals surface area contributed by atoms with E-state index in [9.17, 15) is 9.59 Å². The van der Waals surface area contributed by atoms with Gasteiger partial charge >= 0.3 is 5.97 Å². The van der Waals surface area contributed by atoms with Gasteiger partial charge in [-0.3, -0.25) is 4.79 Å². The number of hydrogen-bond acceptors (Lipinski definition) is 6. The van der Waals surface area contributed by atoms with Gasteiger partial charge in [0.1, 0.15) is 5.75 Å². The zero-order valence-electron chi connectivity index (χ0n) is 17.6. The minimum atomic E-state index is -0.741. The molecule has 0 heterocycles. The molecule has 0 aliphatic heterocycles. The van der Waals surface area contributed by atoms with E-state index in [1.807, 2.05) is 39.0 Å². The zero-order chi connectivity index (χ0) is 21.6. The van der Waals surface area contributed by atoms with Crippen LogP contribution in [0.15, 0.2) is 30.3 Å². The molecule has 0 spiro atoms. The second-order valence-electron chi connectivity index (χ2n) is 6.57. The quantitative estimate of drug-likeness (QED) is 0.676. The zero-order valence-corrected chi connectivity index (χ0v) is 17.6. The summed E-state index contributed by atoms with van der Waals surface area (Å²) in [5.41, 5.74) is 2.49. The van der Waals surface area contributed by atoms with Crippen LogP contribution >= 0.6 is 0 Å². The number of hydrogen-bond donors (Lipinski definition) is 1. The van der Waals surface area contributed by atoms with E-state index in [4.69, 9.17) is 18.9 Å². The van der Waals surface area contributed by atoms with Crippen LogP contribution in [-0.2, 0) is 9.53 Å². The minimum absolute atomic E-state index is 0.153. The average molecular weight is 401 g/mol. The lowest BCUT2D eigenvalue weighted by Crippen LogP contribution is -2.33. The summed E-state index contributed by atoms with van der Waals surface area (Å²) < 4.78 is 21.2. The van der Waals surface area contributed by atoms with Gasteiger partial charge in [0, 0.05) is 12.1 Å². The third kappa shape index (κ3) is 5.40. The van der Waals surface area contributed by atoms with Gasteiger partial charge in [-0.25, -0.2) is 4.79 Å². The predicted molar refractivity (Wildman–Crippen MR) is 110 cm³/mol. The number of esters is 1. The van der Waals surface area contributed by atoms with Gasteiger partial charge in [0.05, 0.1) is 32.6 Å². The highest BCUT2D eigenvalue weighted by atomic mass is 16.5. The van der Waals surface area contributed by atoms with Gasteiger partial charge in [0.2, 0.25) is 0 Å². The lowest BCUT2D eigenvalue weighted by atomic mass is 10.1. The summed E-state index contributed by atoms with van der Waals surface area (Å²) in [7, 11) is 4.20. The molecule has 1 N–H and O–H groups in total. The number of methoxy groups -OCH3 is 3. The molecule has 0 saturated heterocycles. The Labute approximate surface area is 170 Å². The third-order valence-electron chi connectivity index (χ3n) is 4.32. The summed E-state index contributed by atoms with van der Waals surface area (Å²) in [5, 5.41) is 2.75. The molecule has 2 aromatic carbocycles. The van der Waals surface area contributed by atoms with Crippen molar-refractivity contribution in [3.8, 4) is 17.2 Å². The van der Waals surface area contributed by atoms with E-state index in [0.29, 0.717) is 23.7 Å². The molecule has 0 aliphatic carbocycles. The van der Waals surface area contributed by atoms with Crippen molar-refractivity contribution >= 4 is 17.6 Å². The molecule has 7 nitrogen and oxygen atoms in total. The fraction of sp³-hybridized carbons (Fsp3) is 0.364. The number of carbonyl (C=O) groups is 2. The lowest BCUT2D eigenvalue weighted by molar-refractivity contribution is -0.122. The van der Waals surface area contributed by atoms with Gasteiger partial charge in [-0.2, -0.15) is 0 Å². The molecule has 0 aromatic heterocycles. The molecule has 0 bridgehead atoms. The van der Waals surface area contributed by atoms with Gasteiger partial charge in [0.25, 0.3) is 5.91 Å². The Morgan fingerprint density at radius 2 is 1.52 bits per heavy atom. The Hall–Kier alpha value is -3.22. The summed E-state index contributed by atoms with van der Waals surface area (Å²) in [4.78, 5) is 25.1. The van der Waals surface area contributed by atoms with Crippen LogP contribution in [-0.4, -0.2) is 39.3 Å². The number of nitrogens with one attached hydrogen (secondary N) is 1. The predicted octanol–water partition coefficient (Wildman–Crippen LogP) is 3.90. The van der Waals surface area contributed by atoms with Crippen molar-refractivity contribution in [3.63, 3.8) is 0 Å². The third-order valence-corrected chi connectivity index (χ3v) is 4.32. The van der Waals surface area contributed by atoms with Crippen LogP contribution in [0.4, 0.5) is 5.69 Å². The Morgan fingerprint density at radius 1 is 0.931 bits per heavy atom. The maximum Gasteiger partial charge on any atom is 0.340 e. The first-order valence-corrected chi connectivity index (χ1v) is 9.23. The van der Waals surface area contributed by atoms with Crippen molar-refractivity contribution in [1.29, 1.82) is 0 Å². The molecular weight excluding hydrogens is 374 g/mol. The number of benzene rings is 2. The van der Waals surface area contributed by atoms with E-state index >= 15 is 0 Å². The van der Waals surface area contributed by atoms with Crippen molar-refractivity contribution in [2.24, 2.45) is 0 Å². The van der Waals surface area contributed by atoms with Crippen LogP contribution in [0.1, 0.15) is 34.8 Å². The van der Waals surface area contributed by atoms with Crippen molar-refractivity contribution in [1.82, 2.24) is 0 Å². The van der Waals surface area contributed by atoms with Crippen molar-refractivity contribution in [3.05, 3.63) is 47.0 Å². The van der Waals surface area contributed by atoms with Crippen LogP contribution < -0.4 is 19.5 Å². The fourth-order valence-electron chi connectivity index (χ4n) is 2.96. The molecule has 0 radical (unpaired) electrons. The molecule has 0 fully saturated rings. The summed E-state index contributed by atoms with van der Waals surface area (Å²) in [6.07, 6.45) is -0.297. The van der Waals surface area contributed by atoms with E-state index < -0.39 is 12.1 Å². The van der Waals surface area contributed by atoms with Gasteiger partial charge in [-0.1, -0.05) is 13.0 Å². The second-order valence-corrected chi connectivity index (χ2v) is 6.57. The van der Waals surface area contributed by atoms with Crippen LogP contribution in [0.5, 0.6) is 17.2 Å². The highest BCUT2D eigenvalue weighted by Crippen LogP contribution is 2.34. The standard InChI is InChI=1S/C22H27NO6/c1-7-18(29-15-9-13(2)8-14(3)10-15)21(24)23-17-12-20(27-5)19(26-4)11-16(17)22(25)28-6/h8-12,18H,7H2,1-6H3,(H,23,24)/t18-/m1/s1. The van der Waals surface area contributed by atoms with Crippen LogP contribution in [0.3, 0.4) is 0 Å². The molecule has 2 aromatic rings. The first-order chi connectivity index (χ1) is 13.8. The molecule has 0 unspecified atom stereocenters. The summed E-state index contributed by atoms with van der Waals surface area (Å²) in [6.45, 7) is 5.78. The molecule has 1 amide bonds. The van der Waals surface area contributed by atoms with E-state index in [-0.39, 0.29) is 17.2 Å². The van der Waals surface area contributed by atoms with Gasteiger partial charge in [-0.05, 0) is 43.5 Å². The SMILES string of the molecule is CC[C@@H](Oc1cc(C)cc(C)c1)C(=O)Nc1cc(OC)c(OC)cc1C(=O)OC. The molecule has 29 heavy (non-hydrogen) atoms. The van der Waals surface area contributed by atoms with Crippen LogP contribution in [0.2, 0.25) is 0 Å². The van der Waals surface area contributed by atoms with E-state index in [1.165, 1.54) is 33.5 Å². The fourth-order valence-corrected chi connectivity index (χ4v) is 2.96. The molecule has 0 saturated carbocycles. The Kier molecular flexibility index (Phi) is 7.47. The highest BCUT2D eigenvalue weighted by molar-refractivity contribution is 6.03. The van der Waals surface area contributed by atoms with E-state index in [0.717, 1.165) is 11.1 Å². The summed E-state index contributed by atoms with van der Waals surface area (Å²) >= 11 is 0. The first kappa shape index (κ1) is 22.1. The number of amides is 1. The number of aryl methyl sites for hydroxylation is 2. The number of rotatable bonds is 8. The molecule has 7 heteroatoms. The molecular formula is C22H27NO6. The Balaban J connectivity index is 2.32. The monoisotopic (exact) mass is 401 g/mol. The van der Waals surface area contributed by atoms with Crippen LogP contribution in [0.25, 0.3) is 0 Å². The molecule has 1 atom stereocenters. The van der Waals surface area contributed by atoms with E-state index in [1.54, 1.807) is 0 Å². The molecule has 2 rings (SSSR count). The number of anilines is 1. The summed E-state index contributed by atoms with van der Waals surface area (Å²) in [5.74, 6) is 0.349. The maximum absolute atomic E-state index is 12.9. The smallest absolute Gasteiger partial charge is 0.340 e.